The zero-order chi connectivity index (χ0) is 18.0. The maximum atomic E-state index is 9.29. The summed E-state index contributed by atoms with van der Waals surface area (Å²) >= 11 is 0. The molecule has 0 spiro atoms. The van der Waals surface area contributed by atoms with Gasteiger partial charge >= 0.3 is 0 Å². The summed E-state index contributed by atoms with van der Waals surface area (Å²) in [5.74, 6) is -1.10. The van der Waals surface area contributed by atoms with Gasteiger partial charge in [0.1, 0.15) is 24.0 Å². The van der Waals surface area contributed by atoms with E-state index in [0.29, 0.717) is 24.2 Å². The van der Waals surface area contributed by atoms with Crippen molar-refractivity contribution in [2.75, 3.05) is 12.3 Å². The van der Waals surface area contributed by atoms with Crippen molar-refractivity contribution < 1.29 is 20.1 Å². The van der Waals surface area contributed by atoms with Crippen LogP contribution in [0.2, 0.25) is 0 Å². The Labute approximate surface area is 138 Å². The van der Waals surface area contributed by atoms with Crippen LogP contribution in [0.4, 0.5) is 5.82 Å². The molecule has 3 rings (SSSR count). The second-order valence-corrected chi connectivity index (χ2v) is 6.10. The lowest BCUT2D eigenvalue weighted by molar-refractivity contribution is -0.127. The lowest BCUT2D eigenvalue weighted by Gasteiger charge is -2.18. The Morgan fingerprint density at radius 1 is 1.50 bits per heavy atom. The predicted molar refractivity (Wildman–Crippen MR) is 84.4 cm³/mol. The number of ether oxygens (including phenoxy) is 1. The Balaban J connectivity index is 0.000000368. The number of nitriles is 1. The van der Waals surface area contributed by atoms with Crippen LogP contribution < -0.4 is 5.73 Å². The Kier molecular flexibility index (Phi) is 5.05. The van der Waals surface area contributed by atoms with Crippen molar-refractivity contribution in [2.24, 2.45) is 0 Å². The highest BCUT2D eigenvalue weighted by Crippen LogP contribution is 2.39. The minimum absolute atomic E-state index is 0.274. The first-order valence-corrected chi connectivity index (χ1v) is 7.42. The Morgan fingerprint density at radius 2 is 2.17 bits per heavy atom. The van der Waals surface area contributed by atoms with E-state index < -0.39 is 11.4 Å². The van der Waals surface area contributed by atoms with Gasteiger partial charge < -0.3 is 25.8 Å². The molecular formula is C15H21N5O4. The highest BCUT2D eigenvalue weighted by atomic mass is 16.5. The molecule has 24 heavy (non-hydrogen) atoms. The van der Waals surface area contributed by atoms with E-state index in [-0.39, 0.29) is 12.7 Å². The molecule has 2 atom stereocenters. The van der Waals surface area contributed by atoms with Crippen LogP contribution in [-0.2, 0) is 4.74 Å². The quantitative estimate of drug-likeness (QED) is 0.565. The highest BCUT2D eigenvalue weighted by Gasteiger charge is 2.41. The van der Waals surface area contributed by atoms with Crippen LogP contribution in [0, 0.1) is 11.3 Å². The van der Waals surface area contributed by atoms with Gasteiger partial charge in [0.15, 0.2) is 17.2 Å². The number of aliphatic hydroxyl groups is 3. The fraction of sp³-hybridized carbons (Fsp3) is 0.533. The Morgan fingerprint density at radius 3 is 2.71 bits per heavy atom. The lowest BCUT2D eigenvalue weighted by atomic mass is 10.0. The van der Waals surface area contributed by atoms with Crippen molar-refractivity contribution in [1.82, 2.24) is 14.6 Å². The van der Waals surface area contributed by atoms with Gasteiger partial charge in [0, 0.05) is 0 Å². The van der Waals surface area contributed by atoms with Crippen molar-refractivity contribution in [2.45, 2.75) is 44.2 Å². The molecule has 0 saturated carbocycles. The van der Waals surface area contributed by atoms with Crippen LogP contribution in [0.25, 0.3) is 5.52 Å². The molecule has 2 aromatic rings. The molecule has 1 fully saturated rings. The van der Waals surface area contributed by atoms with Gasteiger partial charge in [-0.1, -0.05) is 0 Å². The molecule has 0 bridgehead atoms. The van der Waals surface area contributed by atoms with E-state index in [2.05, 4.69) is 10.1 Å². The SMILES string of the molecule is CC(C)(O)O.N#C[C@@]1(CO)CC[C@H](c2ccc3c(N)ncnn23)O1. The molecular weight excluding hydrogens is 314 g/mol. The van der Waals surface area contributed by atoms with E-state index in [9.17, 15) is 5.11 Å². The normalized spacial score (nSPS) is 23.6. The first-order chi connectivity index (χ1) is 11.2. The van der Waals surface area contributed by atoms with E-state index in [1.54, 1.807) is 4.52 Å². The molecule has 3 heterocycles. The summed E-state index contributed by atoms with van der Waals surface area (Å²) in [6.07, 6.45) is 2.26. The summed E-state index contributed by atoms with van der Waals surface area (Å²) in [4.78, 5) is 3.92. The topological polar surface area (TPSA) is 150 Å². The van der Waals surface area contributed by atoms with Crippen LogP contribution in [0.15, 0.2) is 18.5 Å². The third kappa shape index (κ3) is 3.98. The number of nitrogens with two attached hydrogens (primary N) is 1. The van der Waals surface area contributed by atoms with Crippen LogP contribution in [-0.4, -0.2) is 47.9 Å². The third-order valence-electron chi connectivity index (χ3n) is 3.48. The Bertz CT molecular complexity index is 742. The van der Waals surface area contributed by atoms with Crippen molar-refractivity contribution in [3.63, 3.8) is 0 Å². The van der Waals surface area contributed by atoms with E-state index in [1.807, 2.05) is 18.2 Å². The zero-order valence-electron chi connectivity index (χ0n) is 13.5. The number of anilines is 1. The maximum absolute atomic E-state index is 9.29. The smallest absolute Gasteiger partial charge is 0.177 e. The third-order valence-corrected chi connectivity index (χ3v) is 3.48. The number of hydrogen-bond acceptors (Lipinski definition) is 8. The standard InChI is InChI=1S/C12H13N5O2.C3H8O2/c13-5-12(6-18)4-3-10(19-12)8-1-2-9-11(14)15-7-16-17(8)9;1-3(2,4)5/h1-2,7,10,18H,3-4,6H2,(H2,14,15,16);4-5H,1-2H3/t10-,12-;/m1./s1. The number of aromatic nitrogens is 3. The van der Waals surface area contributed by atoms with E-state index >= 15 is 0 Å². The van der Waals surface area contributed by atoms with Crippen molar-refractivity contribution in [1.29, 1.82) is 5.26 Å². The van der Waals surface area contributed by atoms with Crippen LogP contribution in [0.3, 0.4) is 0 Å². The lowest BCUT2D eigenvalue weighted by Crippen LogP contribution is -2.30. The van der Waals surface area contributed by atoms with Gasteiger partial charge in [-0.25, -0.2) is 9.50 Å². The average molecular weight is 335 g/mol. The van der Waals surface area contributed by atoms with E-state index in [0.717, 1.165) is 5.69 Å². The molecule has 1 aliphatic rings. The number of rotatable bonds is 2. The van der Waals surface area contributed by atoms with Crippen LogP contribution >= 0.6 is 0 Å². The first kappa shape index (κ1) is 18.1. The number of fused-ring (bicyclic) bond motifs is 1. The van der Waals surface area contributed by atoms with Gasteiger partial charge in [0.2, 0.25) is 0 Å². The van der Waals surface area contributed by atoms with Crippen molar-refractivity contribution in [3.8, 4) is 6.07 Å². The predicted octanol–water partition coefficient (Wildman–Crippen LogP) is 0.125. The van der Waals surface area contributed by atoms with Gasteiger partial charge in [0.05, 0.1) is 12.3 Å². The van der Waals surface area contributed by atoms with Gasteiger partial charge in [-0.2, -0.15) is 10.4 Å². The molecule has 9 heteroatoms. The zero-order valence-corrected chi connectivity index (χ0v) is 13.5. The fourth-order valence-electron chi connectivity index (χ4n) is 2.41. The van der Waals surface area contributed by atoms with E-state index in [4.69, 9.17) is 25.9 Å². The second-order valence-electron chi connectivity index (χ2n) is 6.10. The van der Waals surface area contributed by atoms with Gasteiger partial charge in [-0.3, -0.25) is 0 Å². The molecule has 0 amide bonds. The van der Waals surface area contributed by atoms with Crippen LogP contribution in [0.5, 0.6) is 0 Å². The van der Waals surface area contributed by atoms with Crippen molar-refractivity contribution >= 4 is 11.3 Å². The maximum Gasteiger partial charge on any atom is 0.177 e. The van der Waals surface area contributed by atoms with Crippen molar-refractivity contribution in [3.05, 3.63) is 24.2 Å². The number of nitrogens with zero attached hydrogens (tertiary/aromatic N) is 4. The molecule has 9 nitrogen and oxygen atoms in total. The van der Waals surface area contributed by atoms with E-state index in [1.165, 1.54) is 20.2 Å². The molecule has 0 aliphatic carbocycles. The average Bonchev–Trinajstić information content (AvgIpc) is 3.10. The number of nitrogen functional groups attached to an aromatic ring is 1. The number of hydrogen-bond donors (Lipinski definition) is 4. The molecule has 1 saturated heterocycles. The molecule has 130 valence electrons. The van der Waals surface area contributed by atoms with Gasteiger partial charge in [0.25, 0.3) is 0 Å². The minimum atomic E-state index is -1.50. The summed E-state index contributed by atoms with van der Waals surface area (Å²) in [7, 11) is 0. The summed E-state index contributed by atoms with van der Waals surface area (Å²) in [5, 5.41) is 38.7. The summed E-state index contributed by atoms with van der Waals surface area (Å²) in [6.45, 7) is 2.29. The second kappa shape index (κ2) is 6.70. The largest absolute Gasteiger partial charge is 0.392 e. The monoisotopic (exact) mass is 335 g/mol. The molecule has 0 aromatic carbocycles. The minimum Gasteiger partial charge on any atom is -0.392 e. The summed E-state index contributed by atoms with van der Waals surface area (Å²) in [5.41, 5.74) is 6.19. The fourth-order valence-corrected chi connectivity index (χ4v) is 2.41. The molecule has 1 aliphatic heterocycles. The van der Waals surface area contributed by atoms with Crippen LogP contribution in [0.1, 0.15) is 38.5 Å². The van der Waals surface area contributed by atoms with Gasteiger partial charge in [-0.15, -0.1) is 0 Å². The number of aliphatic hydroxyl groups excluding tert-OH is 1. The molecule has 5 N–H and O–H groups in total. The van der Waals surface area contributed by atoms with Gasteiger partial charge in [-0.05, 0) is 38.8 Å². The highest BCUT2D eigenvalue weighted by molar-refractivity contribution is 5.65. The summed E-state index contributed by atoms with van der Waals surface area (Å²) < 4.78 is 7.37. The molecule has 2 aromatic heterocycles. The summed E-state index contributed by atoms with van der Waals surface area (Å²) in [6, 6.07) is 5.72. The Hall–Kier alpha value is -2.25. The molecule has 0 unspecified atom stereocenters. The first-order valence-electron chi connectivity index (χ1n) is 7.42. The molecule has 0 radical (unpaired) electrons.